The Hall–Kier alpha value is -0.430. The minimum Gasteiger partial charge on any atom is -0.387 e. The Balaban J connectivity index is 4.41. The van der Waals surface area contributed by atoms with Crippen LogP contribution in [0.15, 0.2) is 0 Å². The lowest BCUT2D eigenvalue weighted by molar-refractivity contribution is -0.160. The Labute approximate surface area is 104 Å². The Bertz CT molecular complexity index is 245. The Morgan fingerprint density at radius 2 is 2.00 bits per heavy atom. The van der Waals surface area contributed by atoms with Crippen LogP contribution >= 0.6 is 11.8 Å². The molecule has 102 valence electrons. The van der Waals surface area contributed by atoms with Crippen LogP contribution in [-0.2, 0) is 0 Å². The van der Waals surface area contributed by atoms with Crippen LogP contribution in [0.2, 0.25) is 0 Å². The molecule has 0 radical (unpaired) electrons. The summed E-state index contributed by atoms with van der Waals surface area (Å²) in [6.45, 7) is 1.62. The number of halogens is 3. The number of nitrogens with two attached hydrogens (primary N) is 1. The lowest BCUT2D eigenvalue weighted by Crippen LogP contribution is -2.45. The fourth-order valence-corrected chi connectivity index (χ4v) is 1.93. The molecule has 0 spiro atoms. The first kappa shape index (κ1) is 16.6. The van der Waals surface area contributed by atoms with Gasteiger partial charge in [-0.1, -0.05) is 0 Å². The molecule has 0 aromatic heterocycles. The maximum atomic E-state index is 12.6. The minimum atomic E-state index is -4.45. The first-order chi connectivity index (χ1) is 7.70. The molecule has 0 saturated carbocycles. The predicted octanol–water partition coefficient (Wildman–Crippen LogP) is 2.17. The summed E-state index contributed by atoms with van der Waals surface area (Å²) in [5, 5.41) is 7.01. The summed E-state index contributed by atoms with van der Waals surface area (Å²) in [6, 6.07) is 0.0478. The highest BCUT2D eigenvalue weighted by Crippen LogP contribution is 2.27. The van der Waals surface area contributed by atoms with Crippen molar-refractivity contribution in [3.8, 4) is 0 Å². The largest absolute Gasteiger partial charge is 0.399 e. The first-order valence-electron chi connectivity index (χ1n) is 5.30. The zero-order valence-electron chi connectivity index (χ0n) is 10.3. The van der Waals surface area contributed by atoms with Crippen LogP contribution < -0.4 is 5.73 Å². The standard InChI is InChI=1S/C10H20F3N3S/c1-7(4-5-17-3)16(2)6-8(9(14)15)10(11,12)13/h7-8H,4-6H2,1-3H3,(H3,14,15). The van der Waals surface area contributed by atoms with Gasteiger partial charge in [0.2, 0.25) is 0 Å². The van der Waals surface area contributed by atoms with E-state index in [1.807, 2.05) is 13.2 Å². The molecule has 0 amide bonds. The minimum absolute atomic E-state index is 0.0478. The van der Waals surface area contributed by atoms with Gasteiger partial charge in [-0.15, -0.1) is 0 Å². The van der Waals surface area contributed by atoms with Crippen molar-refractivity contribution in [3.63, 3.8) is 0 Å². The molecule has 0 aliphatic rings. The molecule has 7 heteroatoms. The van der Waals surface area contributed by atoms with Crippen molar-refractivity contribution in [1.29, 1.82) is 5.41 Å². The Morgan fingerprint density at radius 3 is 2.35 bits per heavy atom. The average Bonchev–Trinajstić information content (AvgIpc) is 2.19. The van der Waals surface area contributed by atoms with Crippen LogP contribution in [0.5, 0.6) is 0 Å². The number of hydrogen-bond acceptors (Lipinski definition) is 3. The molecule has 0 heterocycles. The number of nitrogens with zero attached hydrogens (tertiary/aromatic N) is 1. The molecule has 17 heavy (non-hydrogen) atoms. The van der Waals surface area contributed by atoms with E-state index in [1.54, 1.807) is 23.7 Å². The first-order valence-corrected chi connectivity index (χ1v) is 6.69. The lowest BCUT2D eigenvalue weighted by Gasteiger charge is -2.29. The summed E-state index contributed by atoms with van der Waals surface area (Å²) >= 11 is 1.66. The molecule has 0 saturated heterocycles. The smallest absolute Gasteiger partial charge is 0.387 e. The van der Waals surface area contributed by atoms with E-state index in [4.69, 9.17) is 11.1 Å². The quantitative estimate of drug-likeness (QED) is 0.551. The summed E-state index contributed by atoms with van der Waals surface area (Å²) < 4.78 is 37.8. The van der Waals surface area contributed by atoms with Crippen molar-refractivity contribution in [3.05, 3.63) is 0 Å². The van der Waals surface area contributed by atoms with Crippen molar-refractivity contribution < 1.29 is 13.2 Å². The summed E-state index contributed by atoms with van der Waals surface area (Å²) in [4.78, 5) is 1.61. The second-order valence-corrected chi connectivity index (χ2v) is 5.11. The SMILES string of the molecule is CSCCC(C)N(C)CC(C(=N)N)C(F)(F)F. The maximum Gasteiger partial charge on any atom is 0.399 e. The molecule has 2 atom stereocenters. The molecular weight excluding hydrogens is 251 g/mol. The zero-order chi connectivity index (χ0) is 13.6. The van der Waals surface area contributed by atoms with Crippen molar-refractivity contribution in [2.45, 2.75) is 25.6 Å². The second kappa shape index (κ2) is 7.10. The van der Waals surface area contributed by atoms with Crippen molar-refractivity contribution in [2.24, 2.45) is 11.7 Å². The van der Waals surface area contributed by atoms with Gasteiger partial charge in [0.15, 0.2) is 0 Å². The molecule has 0 rings (SSSR count). The van der Waals surface area contributed by atoms with Crippen LogP contribution in [0.3, 0.4) is 0 Å². The molecule has 0 bridgehead atoms. The highest BCUT2D eigenvalue weighted by Gasteiger charge is 2.42. The van der Waals surface area contributed by atoms with Gasteiger partial charge < -0.3 is 10.6 Å². The highest BCUT2D eigenvalue weighted by molar-refractivity contribution is 7.98. The third kappa shape index (κ3) is 6.16. The normalized spacial score (nSPS) is 15.9. The molecule has 0 aromatic rings. The number of rotatable bonds is 7. The van der Waals surface area contributed by atoms with E-state index in [-0.39, 0.29) is 12.6 Å². The summed E-state index contributed by atoms with van der Waals surface area (Å²) in [5.41, 5.74) is 5.00. The monoisotopic (exact) mass is 271 g/mol. The number of thioether (sulfide) groups is 1. The van der Waals surface area contributed by atoms with E-state index in [0.29, 0.717) is 0 Å². The Kier molecular flexibility index (Phi) is 6.92. The van der Waals surface area contributed by atoms with E-state index in [2.05, 4.69) is 0 Å². The van der Waals surface area contributed by atoms with Gasteiger partial charge >= 0.3 is 6.18 Å². The summed E-state index contributed by atoms with van der Waals surface area (Å²) in [6.07, 6.45) is -1.67. The number of nitrogens with one attached hydrogen (secondary N) is 1. The van der Waals surface area contributed by atoms with Crippen LogP contribution in [0.1, 0.15) is 13.3 Å². The van der Waals surface area contributed by atoms with Crippen molar-refractivity contribution in [1.82, 2.24) is 4.90 Å². The number of hydrogen-bond donors (Lipinski definition) is 2. The highest BCUT2D eigenvalue weighted by atomic mass is 32.2. The zero-order valence-corrected chi connectivity index (χ0v) is 11.2. The topological polar surface area (TPSA) is 53.1 Å². The third-order valence-electron chi connectivity index (χ3n) is 2.73. The van der Waals surface area contributed by atoms with Gasteiger partial charge in [0.1, 0.15) is 11.8 Å². The van der Waals surface area contributed by atoms with Crippen molar-refractivity contribution in [2.75, 3.05) is 25.6 Å². The van der Waals surface area contributed by atoms with Gasteiger partial charge in [-0.3, -0.25) is 5.41 Å². The van der Waals surface area contributed by atoms with Gasteiger partial charge in [-0.2, -0.15) is 24.9 Å². The van der Waals surface area contributed by atoms with Gasteiger partial charge in [0.25, 0.3) is 0 Å². The molecule has 0 aliphatic carbocycles. The van der Waals surface area contributed by atoms with Gasteiger partial charge in [0.05, 0.1) is 0 Å². The predicted molar refractivity (Wildman–Crippen MR) is 66.6 cm³/mol. The van der Waals surface area contributed by atoms with Crippen LogP contribution in [0, 0.1) is 11.3 Å². The van der Waals surface area contributed by atoms with E-state index in [1.165, 1.54) is 0 Å². The average molecular weight is 271 g/mol. The molecule has 3 N–H and O–H groups in total. The fourth-order valence-electron chi connectivity index (χ4n) is 1.35. The fraction of sp³-hybridized carbons (Fsp3) is 0.900. The molecule has 0 aromatic carbocycles. The lowest BCUT2D eigenvalue weighted by atomic mass is 10.1. The number of alkyl halides is 3. The van der Waals surface area contributed by atoms with Gasteiger partial charge in [-0.25, -0.2) is 0 Å². The maximum absolute atomic E-state index is 12.6. The molecule has 0 aliphatic heterocycles. The van der Waals surface area contributed by atoms with E-state index >= 15 is 0 Å². The van der Waals surface area contributed by atoms with Gasteiger partial charge in [-0.05, 0) is 32.4 Å². The van der Waals surface area contributed by atoms with Crippen molar-refractivity contribution >= 4 is 17.6 Å². The second-order valence-electron chi connectivity index (χ2n) is 4.12. The van der Waals surface area contributed by atoms with Gasteiger partial charge in [0, 0.05) is 12.6 Å². The molecule has 3 nitrogen and oxygen atoms in total. The van der Waals surface area contributed by atoms with E-state index in [0.717, 1.165) is 12.2 Å². The van der Waals surface area contributed by atoms with E-state index in [9.17, 15) is 13.2 Å². The summed E-state index contributed by atoms with van der Waals surface area (Å²) in [5.74, 6) is -1.78. The molecular formula is C10H20F3N3S. The van der Waals surface area contributed by atoms with Crippen LogP contribution in [-0.4, -0.2) is 48.6 Å². The molecule has 0 fully saturated rings. The van der Waals surface area contributed by atoms with Crippen LogP contribution in [0.4, 0.5) is 13.2 Å². The third-order valence-corrected chi connectivity index (χ3v) is 3.38. The van der Waals surface area contributed by atoms with Crippen LogP contribution in [0.25, 0.3) is 0 Å². The van der Waals surface area contributed by atoms with E-state index < -0.39 is 17.9 Å². The summed E-state index contributed by atoms with van der Waals surface area (Å²) in [7, 11) is 1.63. The number of amidine groups is 1. The molecule has 2 unspecified atom stereocenters. The Morgan fingerprint density at radius 1 is 1.47 bits per heavy atom.